The Balaban J connectivity index is 3.83. The molecule has 4 heteroatoms. The first-order chi connectivity index (χ1) is 5.49. The van der Waals surface area contributed by atoms with Gasteiger partial charge in [0.1, 0.15) is 0 Å². The number of nitrogens with one attached hydrogen (secondary N) is 1. The summed E-state index contributed by atoms with van der Waals surface area (Å²) in [6, 6.07) is 0. The molecule has 0 rings (SSSR count). The standard InChI is InChI=1S/C8H17NO2S/c1-5(10)6(2)12-7(3)8(11)9-4/h5-7,10H,1-4H3,(H,9,11). The van der Waals surface area contributed by atoms with Crippen LogP contribution in [-0.4, -0.2) is 34.7 Å². The summed E-state index contributed by atoms with van der Waals surface area (Å²) < 4.78 is 0. The van der Waals surface area contributed by atoms with Gasteiger partial charge in [-0.15, -0.1) is 11.8 Å². The number of hydrogen-bond acceptors (Lipinski definition) is 3. The van der Waals surface area contributed by atoms with Crippen LogP contribution < -0.4 is 5.32 Å². The first-order valence-electron chi connectivity index (χ1n) is 4.04. The molecule has 0 fully saturated rings. The molecule has 0 radical (unpaired) electrons. The SMILES string of the molecule is CNC(=O)C(C)SC(C)C(C)O. The van der Waals surface area contributed by atoms with Crippen LogP contribution in [0.2, 0.25) is 0 Å². The van der Waals surface area contributed by atoms with E-state index < -0.39 is 0 Å². The molecule has 0 aliphatic heterocycles. The highest BCUT2D eigenvalue weighted by Crippen LogP contribution is 2.19. The summed E-state index contributed by atoms with van der Waals surface area (Å²) >= 11 is 1.48. The van der Waals surface area contributed by atoms with E-state index in [0.717, 1.165) is 0 Å². The van der Waals surface area contributed by atoms with Crippen molar-refractivity contribution in [2.45, 2.75) is 37.4 Å². The van der Waals surface area contributed by atoms with Crippen molar-refractivity contribution < 1.29 is 9.90 Å². The van der Waals surface area contributed by atoms with Gasteiger partial charge in [0.25, 0.3) is 0 Å². The van der Waals surface area contributed by atoms with Gasteiger partial charge in [-0.3, -0.25) is 4.79 Å². The average molecular weight is 191 g/mol. The Morgan fingerprint density at radius 1 is 1.42 bits per heavy atom. The van der Waals surface area contributed by atoms with Gasteiger partial charge in [0.15, 0.2) is 0 Å². The van der Waals surface area contributed by atoms with Crippen molar-refractivity contribution in [2.75, 3.05) is 7.05 Å². The molecule has 0 bridgehead atoms. The number of aliphatic hydroxyl groups is 1. The fourth-order valence-corrected chi connectivity index (χ4v) is 1.81. The molecule has 0 aromatic rings. The van der Waals surface area contributed by atoms with Gasteiger partial charge in [-0.05, 0) is 13.8 Å². The zero-order chi connectivity index (χ0) is 9.72. The summed E-state index contributed by atoms with van der Waals surface area (Å²) in [5, 5.41) is 11.7. The van der Waals surface area contributed by atoms with Crippen LogP contribution in [0, 0.1) is 0 Å². The molecular formula is C8H17NO2S. The second-order valence-corrected chi connectivity index (χ2v) is 4.56. The summed E-state index contributed by atoms with van der Waals surface area (Å²) in [6.45, 7) is 5.48. The lowest BCUT2D eigenvalue weighted by Gasteiger charge is -2.17. The third-order valence-corrected chi connectivity index (χ3v) is 3.16. The van der Waals surface area contributed by atoms with Crippen molar-refractivity contribution in [3.05, 3.63) is 0 Å². The van der Waals surface area contributed by atoms with Crippen molar-refractivity contribution in [2.24, 2.45) is 0 Å². The third-order valence-electron chi connectivity index (χ3n) is 1.71. The Morgan fingerprint density at radius 3 is 2.25 bits per heavy atom. The minimum Gasteiger partial charge on any atom is -0.392 e. The molecule has 3 unspecified atom stereocenters. The lowest BCUT2D eigenvalue weighted by atomic mass is 10.3. The molecule has 0 spiro atoms. The second kappa shape index (κ2) is 5.43. The first kappa shape index (κ1) is 11.8. The fourth-order valence-electron chi connectivity index (χ4n) is 0.701. The summed E-state index contributed by atoms with van der Waals surface area (Å²) in [5.41, 5.74) is 0. The van der Waals surface area contributed by atoms with Crippen molar-refractivity contribution in [3.8, 4) is 0 Å². The fraction of sp³-hybridized carbons (Fsp3) is 0.875. The van der Waals surface area contributed by atoms with E-state index in [2.05, 4.69) is 5.32 Å². The lowest BCUT2D eigenvalue weighted by Crippen LogP contribution is -2.30. The van der Waals surface area contributed by atoms with Gasteiger partial charge in [-0.25, -0.2) is 0 Å². The van der Waals surface area contributed by atoms with Crippen LogP contribution in [-0.2, 0) is 4.79 Å². The molecule has 3 nitrogen and oxygen atoms in total. The van der Waals surface area contributed by atoms with E-state index in [1.165, 1.54) is 11.8 Å². The number of aliphatic hydroxyl groups excluding tert-OH is 1. The maximum absolute atomic E-state index is 11.1. The maximum Gasteiger partial charge on any atom is 0.232 e. The number of carbonyl (C=O) groups excluding carboxylic acids is 1. The molecule has 0 aromatic carbocycles. The summed E-state index contributed by atoms with van der Waals surface area (Å²) in [4.78, 5) is 11.1. The topological polar surface area (TPSA) is 49.3 Å². The van der Waals surface area contributed by atoms with Crippen molar-refractivity contribution in [1.82, 2.24) is 5.32 Å². The molecule has 0 aliphatic carbocycles. The van der Waals surface area contributed by atoms with Crippen LogP contribution in [0.3, 0.4) is 0 Å². The zero-order valence-corrected chi connectivity index (χ0v) is 8.81. The Labute approximate surface area is 77.9 Å². The molecule has 0 saturated carbocycles. The Kier molecular flexibility index (Phi) is 5.33. The van der Waals surface area contributed by atoms with Crippen LogP contribution in [0.5, 0.6) is 0 Å². The van der Waals surface area contributed by atoms with Crippen molar-refractivity contribution in [1.29, 1.82) is 0 Å². The zero-order valence-electron chi connectivity index (χ0n) is 8.00. The minimum absolute atomic E-state index is 0.00694. The second-order valence-electron chi connectivity index (χ2n) is 2.84. The largest absolute Gasteiger partial charge is 0.392 e. The summed E-state index contributed by atoms with van der Waals surface area (Å²) in [7, 11) is 1.62. The molecule has 0 aliphatic rings. The quantitative estimate of drug-likeness (QED) is 0.685. The van der Waals surface area contributed by atoms with E-state index >= 15 is 0 Å². The van der Waals surface area contributed by atoms with E-state index in [1.807, 2.05) is 13.8 Å². The third kappa shape index (κ3) is 3.97. The minimum atomic E-state index is -0.373. The van der Waals surface area contributed by atoms with Crippen LogP contribution in [0.25, 0.3) is 0 Å². The molecule has 0 heterocycles. The van der Waals surface area contributed by atoms with Crippen LogP contribution in [0.4, 0.5) is 0 Å². The van der Waals surface area contributed by atoms with Gasteiger partial charge in [0, 0.05) is 12.3 Å². The summed E-state index contributed by atoms with van der Waals surface area (Å²) in [6.07, 6.45) is -0.373. The van der Waals surface area contributed by atoms with E-state index in [9.17, 15) is 9.90 Å². The van der Waals surface area contributed by atoms with Gasteiger partial charge < -0.3 is 10.4 Å². The van der Waals surface area contributed by atoms with Crippen LogP contribution in [0.1, 0.15) is 20.8 Å². The van der Waals surface area contributed by atoms with Crippen LogP contribution >= 0.6 is 11.8 Å². The number of carbonyl (C=O) groups is 1. The molecule has 2 N–H and O–H groups in total. The Hall–Kier alpha value is -0.220. The number of rotatable bonds is 4. The Morgan fingerprint density at radius 2 is 1.92 bits per heavy atom. The van der Waals surface area contributed by atoms with Crippen LogP contribution in [0.15, 0.2) is 0 Å². The highest BCUT2D eigenvalue weighted by Gasteiger charge is 2.18. The maximum atomic E-state index is 11.1. The monoisotopic (exact) mass is 191 g/mol. The molecular weight excluding hydrogens is 174 g/mol. The molecule has 0 aromatic heterocycles. The van der Waals surface area contributed by atoms with E-state index in [0.29, 0.717) is 0 Å². The van der Waals surface area contributed by atoms with Gasteiger partial charge in [-0.1, -0.05) is 6.92 Å². The van der Waals surface area contributed by atoms with Crippen molar-refractivity contribution >= 4 is 17.7 Å². The van der Waals surface area contributed by atoms with E-state index in [4.69, 9.17) is 0 Å². The normalized spacial score (nSPS) is 18.1. The molecule has 12 heavy (non-hydrogen) atoms. The Bertz CT molecular complexity index is 150. The number of thioether (sulfide) groups is 1. The van der Waals surface area contributed by atoms with E-state index in [1.54, 1.807) is 14.0 Å². The average Bonchev–Trinajstić information content (AvgIpc) is 2.02. The smallest absolute Gasteiger partial charge is 0.232 e. The lowest BCUT2D eigenvalue weighted by molar-refractivity contribution is -0.119. The first-order valence-corrected chi connectivity index (χ1v) is 4.98. The highest BCUT2D eigenvalue weighted by molar-refractivity contribution is 8.01. The van der Waals surface area contributed by atoms with Gasteiger partial charge in [0.2, 0.25) is 5.91 Å². The molecule has 3 atom stereocenters. The number of hydrogen-bond donors (Lipinski definition) is 2. The highest BCUT2D eigenvalue weighted by atomic mass is 32.2. The predicted octanol–water partition coefficient (Wildman–Crippen LogP) is 0.623. The van der Waals surface area contributed by atoms with Gasteiger partial charge >= 0.3 is 0 Å². The van der Waals surface area contributed by atoms with Gasteiger partial charge in [-0.2, -0.15) is 0 Å². The molecule has 72 valence electrons. The van der Waals surface area contributed by atoms with Crippen molar-refractivity contribution in [3.63, 3.8) is 0 Å². The van der Waals surface area contributed by atoms with E-state index in [-0.39, 0.29) is 22.5 Å². The summed E-state index contributed by atoms with van der Waals surface area (Å²) in [5.74, 6) is 0.00694. The number of amides is 1. The predicted molar refractivity (Wildman–Crippen MR) is 52.3 cm³/mol. The van der Waals surface area contributed by atoms with Gasteiger partial charge in [0.05, 0.1) is 11.4 Å². The molecule has 1 amide bonds. The molecule has 0 saturated heterocycles.